The van der Waals surface area contributed by atoms with E-state index in [1.165, 1.54) is 12.8 Å². The van der Waals surface area contributed by atoms with Crippen molar-refractivity contribution in [2.45, 2.75) is 51.6 Å². The van der Waals surface area contributed by atoms with Crippen molar-refractivity contribution in [2.75, 3.05) is 0 Å². The van der Waals surface area contributed by atoms with Crippen LogP contribution in [0.4, 0.5) is 0 Å². The first-order valence-electron chi connectivity index (χ1n) is 11.5. The Morgan fingerprint density at radius 1 is 1.06 bits per heavy atom. The van der Waals surface area contributed by atoms with E-state index in [2.05, 4.69) is 10.5 Å². The molecule has 0 bridgehead atoms. The number of pyridine rings is 1. The van der Waals surface area contributed by atoms with Gasteiger partial charge in [-0.15, -0.1) is 0 Å². The molecular formula is C26H26ClN3O3. The predicted octanol–water partition coefficient (Wildman–Crippen LogP) is 6.00. The van der Waals surface area contributed by atoms with Crippen LogP contribution < -0.4 is 10.9 Å². The normalized spacial score (nSPS) is 16.1. The minimum atomic E-state index is -0.511. The molecule has 1 aliphatic rings. The summed E-state index contributed by atoms with van der Waals surface area (Å²) in [6.45, 7) is 1.73. The minimum Gasteiger partial charge on any atom is -0.360 e. The number of halogens is 1. The Morgan fingerprint density at radius 2 is 1.79 bits per heavy atom. The fourth-order valence-corrected chi connectivity index (χ4v) is 5.33. The average molecular weight is 464 g/mol. The van der Waals surface area contributed by atoms with Gasteiger partial charge in [0.15, 0.2) is 0 Å². The number of benzene rings is 2. The summed E-state index contributed by atoms with van der Waals surface area (Å²) in [5.74, 6) is 0.367. The predicted molar refractivity (Wildman–Crippen MR) is 130 cm³/mol. The van der Waals surface area contributed by atoms with Crippen LogP contribution in [0.3, 0.4) is 0 Å². The molecule has 1 aliphatic carbocycles. The van der Waals surface area contributed by atoms with Gasteiger partial charge in [0, 0.05) is 10.9 Å². The molecule has 1 unspecified atom stereocenters. The van der Waals surface area contributed by atoms with E-state index in [0.29, 0.717) is 38.2 Å². The maximum absolute atomic E-state index is 13.9. The Labute approximate surface area is 196 Å². The molecule has 2 aromatic carbocycles. The summed E-state index contributed by atoms with van der Waals surface area (Å²) in [6, 6.07) is 14.6. The number of nitrogens with zero attached hydrogens (tertiary/aromatic N) is 2. The highest BCUT2D eigenvalue weighted by atomic mass is 35.5. The first kappa shape index (κ1) is 21.7. The molecule has 4 aromatic rings. The van der Waals surface area contributed by atoms with Gasteiger partial charge in [-0.05, 0) is 49.9 Å². The number of rotatable bonds is 4. The molecule has 0 radical (unpaired) electrons. The second kappa shape index (κ2) is 9.02. The van der Waals surface area contributed by atoms with Crippen molar-refractivity contribution < 1.29 is 9.32 Å². The number of aromatic nitrogens is 2. The third kappa shape index (κ3) is 3.93. The van der Waals surface area contributed by atoms with E-state index < -0.39 is 6.17 Å². The lowest BCUT2D eigenvalue weighted by molar-refractivity contribution is 0.0887. The first-order valence-corrected chi connectivity index (χ1v) is 11.9. The number of fused-ring (bicyclic) bond motifs is 3. The van der Waals surface area contributed by atoms with Crippen molar-refractivity contribution >= 4 is 39.3 Å². The number of aryl methyl sites for hydroxylation is 1. The van der Waals surface area contributed by atoms with Crippen LogP contribution in [0.1, 0.15) is 60.8 Å². The van der Waals surface area contributed by atoms with Gasteiger partial charge in [-0.1, -0.05) is 66.7 Å². The van der Waals surface area contributed by atoms with Crippen LogP contribution in [-0.2, 0) is 0 Å². The van der Waals surface area contributed by atoms with Crippen molar-refractivity contribution in [3.8, 4) is 0 Å². The largest absolute Gasteiger partial charge is 0.360 e. The van der Waals surface area contributed by atoms with Crippen LogP contribution in [0.5, 0.6) is 0 Å². The van der Waals surface area contributed by atoms with Crippen molar-refractivity contribution in [3.05, 3.63) is 75.2 Å². The molecule has 1 saturated carbocycles. The molecule has 33 heavy (non-hydrogen) atoms. The molecule has 5 rings (SSSR count). The molecule has 1 N–H and O–H groups in total. The SMILES string of the molecule is Cc1onc2c1c(=O)n(C(NC(=O)c1ccccc1)C1CCCCCC1)c1cccc(Cl)c21. The van der Waals surface area contributed by atoms with E-state index in [1.807, 2.05) is 30.3 Å². The molecule has 0 aliphatic heterocycles. The molecule has 2 heterocycles. The highest BCUT2D eigenvalue weighted by Gasteiger charge is 2.30. The van der Waals surface area contributed by atoms with E-state index in [1.54, 1.807) is 29.7 Å². The van der Waals surface area contributed by atoms with Crippen molar-refractivity contribution in [1.82, 2.24) is 15.0 Å². The number of nitrogens with one attached hydrogen (secondary N) is 1. The van der Waals surface area contributed by atoms with Gasteiger partial charge in [-0.3, -0.25) is 14.2 Å². The molecular weight excluding hydrogens is 438 g/mol. The Balaban J connectivity index is 1.74. The fourth-order valence-electron chi connectivity index (χ4n) is 5.08. The second-order valence-corrected chi connectivity index (χ2v) is 9.21. The van der Waals surface area contributed by atoms with Gasteiger partial charge in [-0.25, -0.2) is 0 Å². The Kier molecular flexibility index (Phi) is 5.94. The number of carbonyl (C=O) groups is 1. The Morgan fingerprint density at radius 3 is 2.52 bits per heavy atom. The smallest absolute Gasteiger partial charge is 0.265 e. The molecule has 6 nitrogen and oxygen atoms in total. The Hall–Kier alpha value is -3.12. The molecule has 2 aromatic heterocycles. The third-order valence-electron chi connectivity index (χ3n) is 6.72. The lowest BCUT2D eigenvalue weighted by Crippen LogP contribution is -2.42. The Bertz CT molecular complexity index is 1370. The molecule has 0 saturated heterocycles. The third-order valence-corrected chi connectivity index (χ3v) is 7.04. The number of amides is 1. The standard InChI is InChI=1S/C26H26ClN3O3/c1-16-21-23(29-33-16)22-19(27)14-9-15-20(22)30(26(21)32)24(17-10-5-2-3-6-11-17)28-25(31)18-12-7-4-8-13-18/h4,7-9,12-15,17,24H,2-3,5-6,10-11H2,1H3,(H,28,31). The van der Waals surface area contributed by atoms with Gasteiger partial charge in [0.2, 0.25) is 0 Å². The second-order valence-electron chi connectivity index (χ2n) is 8.81. The van der Waals surface area contributed by atoms with E-state index in [9.17, 15) is 9.59 Å². The van der Waals surface area contributed by atoms with Crippen molar-refractivity contribution in [2.24, 2.45) is 5.92 Å². The summed E-state index contributed by atoms with van der Waals surface area (Å²) >= 11 is 6.60. The number of hydrogen-bond acceptors (Lipinski definition) is 4. The van der Waals surface area contributed by atoms with Gasteiger partial charge in [0.05, 0.1) is 10.5 Å². The monoisotopic (exact) mass is 463 g/mol. The highest BCUT2D eigenvalue weighted by Crippen LogP contribution is 2.35. The average Bonchev–Trinajstić information content (AvgIpc) is 3.03. The lowest BCUT2D eigenvalue weighted by atomic mass is 9.95. The zero-order valence-electron chi connectivity index (χ0n) is 18.5. The van der Waals surface area contributed by atoms with E-state index in [-0.39, 0.29) is 17.4 Å². The molecule has 1 fully saturated rings. The zero-order valence-corrected chi connectivity index (χ0v) is 19.3. The van der Waals surface area contributed by atoms with Gasteiger partial charge in [-0.2, -0.15) is 0 Å². The quantitative estimate of drug-likeness (QED) is 0.376. The van der Waals surface area contributed by atoms with Crippen LogP contribution in [-0.4, -0.2) is 15.6 Å². The van der Waals surface area contributed by atoms with Gasteiger partial charge < -0.3 is 9.84 Å². The topological polar surface area (TPSA) is 77.1 Å². The van der Waals surface area contributed by atoms with E-state index in [0.717, 1.165) is 25.7 Å². The molecule has 0 spiro atoms. The summed E-state index contributed by atoms with van der Waals surface area (Å²) in [7, 11) is 0. The lowest BCUT2D eigenvalue weighted by Gasteiger charge is -2.30. The summed E-state index contributed by atoms with van der Waals surface area (Å²) in [5.41, 5.74) is 1.45. The van der Waals surface area contributed by atoms with Gasteiger partial charge in [0.25, 0.3) is 11.5 Å². The highest BCUT2D eigenvalue weighted by molar-refractivity contribution is 6.37. The van der Waals surface area contributed by atoms with Crippen LogP contribution in [0, 0.1) is 12.8 Å². The molecule has 1 atom stereocenters. The zero-order chi connectivity index (χ0) is 22.9. The van der Waals surface area contributed by atoms with Crippen molar-refractivity contribution in [1.29, 1.82) is 0 Å². The van der Waals surface area contributed by atoms with Crippen LogP contribution in [0.15, 0.2) is 57.8 Å². The van der Waals surface area contributed by atoms with Crippen LogP contribution in [0.25, 0.3) is 21.8 Å². The molecule has 7 heteroatoms. The van der Waals surface area contributed by atoms with Crippen LogP contribution >= 0.6 is 11.6 Å². The number of carbonyl (C=O) groups excluding carboxylic acids is 1. The summed E-state index contributed by atoms with van der Waals surface area (Å²) in [5, 5.41) is 8.91. The summed E-state index contributed by atoms with van der Waals surface area (Å²) in [4.78, 5) is 27.2. The number of hydrogen-bond donors (Lipinski definition) is 1. The summed E-state index contributed by atoms with van der Waals surface area (Å²) in [6.07, 6.45) is 5.85. The summed E-state index contributed by atoms with van der Waals surface area (Å²) < 4.78 is 7.11. The van der Waals surface area contributed by atoms with E-state index in [4.69, 9.17) is 16.1 Å². The van der Waals surface area contributed by atoms with Gasteiger partial charge in [0.1, 0.15) is 22.8 Å². The van der Waals surface area contributed by atoms with Crippen LogP contribution in [0.2, 0.25) is 5.02 Å². The maximum Gasteiger partial charge on any atom is 0.265 e. The minimum absolute atomic E-state index is 0.123. The van der Waals surface area contributed by atoms with Gasteiger partial charge >= 0.3 is 0 Å². The van der Waals surface area contributed by atoms with E-state index >= 15 is 0 Å². The maximum atomic E-state index is 13.9. The molecule has 1 amide bonds. The first-order chi connectivity index (χ1) is 16.1. The molecule has 170 valence electrons. The van der Waals surface area contributed by atoms with Crippen molar-refractivity contribution in [3.63, 3.8) is 0 Å². The fraction of sp³-hybridized carbons (Fsp3) is 0.346.